The summed E-state index contributed by atoms with van der Waals surface area (Å²) in [6.07, 6.45) is 0. The Morgan fingerprint density at radius 1 is 1.21 bits per heavy atom. The zero-order chi connectivity index (χ0) is 24.2. The number of benzene rings is 1. The standard InChI is InChI=1S/C24H37N7OS/c1-8-30(9-2)14-13-25-19(32)16-29(7)23-28-31-21(27-24(4,5)6)20(26-22(31)33-23)18-12-10-11-17(3)15-18/h10-12,15,27H,8-9,13-14,16H2,1-7H3,(H,25,32). The van der Waals surface area contributed by atoms with E-state index in [2.05, 4.69) is 75.3 Å². The molecule has 0 saturated carbocycles. The number of imidazole rings is 1. The van der Waals surface area contributed by atoms with Crippen molar-refractivity contribution in [2.75, 3.05) is 50.0 Å². The third-order valence-corrected chi connectivity index (χ3v) is 6.35. The molecule has 3 aromatic rings. The Morgan fingerprint density at radius 3 is 2.58 bits per heavy atom. The number of amides is 1. The van der Waals surface area contributed by atoms with Crippen molar-refractivity contribution in [3.05, 3.63) is 29.8 Å². The van der Waals surface area contributed by atoms with Crippen LogP contribution in [0, 0.1) is 6.92 Å². The van der Waals surface area contributed by atoms with Gasteiger partial charge < -0.3 is 20.4 Å². The lowest BCUT2D eigenvalue weighted by atomic mass is 10.1. The van der Waals surface area contributed by atoms with Gasteiger partial charge in [-0.25, -0.2) is 4.98 Å². The van der Waals surface area contributed by atoms with E-state index in [4.69, 9.17) is 10.1 Å². The van der Waals surface area contributed by atoms with E-state index in [1.807, 2.05) is 22.5 Å². The average Bonchev–Trinajstić information content (AvgIpc) is 3.30. The van der Waals surface area contributed by atoms with Gasteiger partial charge in [0.1, 0.15) is 5.69 Å². The lowest BCUT2D eigenvalue weighted by Crippen LogP contribution is -2.39. The van der Waals surface area contributed by atoms with E-state index >= 15 is 0 Å². The van der Waals surface area contributed by atoms with Crippen molar-refractivity contribution in [3.8, 4) is 11.3 Å². The fourth-order valence-corrected chi connectivity index (χ4v) is 4.45. The molecule has 2 heterocycles. The van der Waals surface area contributed by atoms with E-state index in [1.54, 1.807) is 0 Å². The molecule has 0 aliphatic rings. The Labute approximate surface area is 201 Å². The topological polar surface area (TPSA) is 77.8 Å². The number of hydrogen-bond donors (Lipinski definition) is 2. The highest BCUT2D eigenvalue weighted by atomic mass is 32.1. The molecule has 0 radical (unpaired) electrons. The molecule has 8 nitrogen and oxygen atoms in total. The van der Waals surface area contributed by atoms with Gasteiger partial charge in [0.15, 0.2) is 5.82 Å². The molecule has 1 aromatic carbocycles. The van der Waals surface area contributed by atoms with E-state index in [9.17, 15) is 4.79 Å². The number of rotatable bonds is 10. The van der Waals surface area contributed by atoms with Crippen molar-refractivity contribution in [2.45, 2.75) is 47.1 Å². The number of aromatic nitrogens is 3. The second-order valence-electron chi connectivity index (χ2n) is 9.37. The number of nitrogens with zero attached hydrogens (tertiary/aromatic N) is 5. The Kier molecular flexibility index (Phi) is 7.97. The number of likely N-dealkylation sites (N-methyl/N-ethyl adjacent to an activating group) is 2. The number of aryl methyl sites for hydroxylation is 1. The summed E-state index contributed by atoms with van der Waals surface area (Å²) in [5.74, 6) is 0.855. The second-order valence-corrected chi connectivity index (χ2v) is 10.3. The minimum atomic E-state index is -0.158. The number of carbonyl (C=O) groups is 1. The molecular weight excluding hydrogens is 434 g/mol. The summed E-state index contributed by atoms with van der Waals surface area (Å²) in [5.41, 5.74) is 2.97. The highest BCUT2D eigenvalue weighted by Crippen LogP contribution is 2.34. The van der Waals surface area contributed by atoms with Gasteiger partial charge >= 0.3 is 0 Å². The summed E-state index contributed by atoms with van der Waals surface area (Å²) in [7, 11) is 1.89. The average molecular weight is 472 g/mol. The van der Waals surface area contributed by atoms with Crippen molar-refractivity contribution in [1.29, 1.82) is 0 Å². The van der Waals surface area contributed by atoms with Crippen LogP contribution in [0.25, 0.3) is 16.2 Å². The van der Waals surface area contributed by atoms with Gasteiger partial charge in [-0.05, 0) is 46.9 Å². The van der Waals surface area contributed by atoms with E-state index < -0.39 is 0 Å². The number of carbonyl (C=O) groups excluding carboxylic acids is 1. The number of hydrogen-bond acceptors (Lipinski definition) is 7. The molecule has 9 heteroatoms. The van der Waals surface area contributed by atoms with Crippen LogP contribution in [0.3, 0.4) is 0 Å². The zero-order valence-electron chi connectivity index (χ0n) is 20.9. The summed E-state index contributed by atoms with van der Waals surface area (Å²) in [6, 6.07) is 8.33. The monoisotopic (exact) mass is 471 g/mol. The van der Waals surface area contributed by atoms with Crippen molar-refractivity contribution in [2.24, 2.45) is 0 Å². The maximum absolute atomic E-state index is 12.4. The quantitative estimate of drug-likeness (QED) is 0.467. The van der Waals surface area contributed by atoms with E-state index in [0.717, 1.165) is 46.8 Å². The van der Waals surface area contributed by atoms with Crippen molar-refractivity contribution >= 4 is 33.2 Å². The largest absolute Gasteiger partial charge is 0.364 e. The summed E-state index contributed by atoms with van der Waals surface area (Å²) >= 11 is 1.48. The van der Waals surface area contributed by atoms with Gasteiger partial charge in [-0.2, -0.15) is 4.52 Å². The number of fused-ring (bicyclic) bond motifs is 1. The van der Waals surface area contributed by atoms with Gasteiger partial charge in [0.2, 0.25) is 16.0 Å². The Hall–Kier alpha value is -2.65. The Morgan fingerprint density at radius 2 is 1.94 bits per heavy atom. The van der Waals surface area contributed by atoms with Crippen LogP contribution >= 0.6 is 11.3 Å². The van der Waals surface area contributed by atoms with Crippen LogP contribution in [0.4, 0.5) is 10.9 Å². The zero-order valence-corrected chi connectivity index (χ0v) is 21.7. The van der Waals surface area contributed by atoms with E-state index in [-0.39, 0.29) is 18.0 Å². The van der Waals surface area contributed by atoms with Crippen LogP contribution in [-0.4, -0.2) is 70.7 Å². The molecule has 0 aliphatic heterocycles. The minimum absolute atomic E-state index is 0.00835. The van der Waals surface area contributed by atoms with Gasteiger partial charge in [0.05, 0.1) is 6.54 Å². The van der Waals surface area contributed by atoms with Crippen molar-refractivity contribution in [3.63, 3.8) is 0 Å². The van der Waals surface area contributed by atoms with E-state index in [0.29, 0.717) is 6.54 Å². The molecule has 3 rings (SSSR count). The van der Waals surface area contributed by atoms with E-state index in [1.165, 1.54) is 16.9 Å². The molecule has 180 valence electrons. The van der Waals surface area contributed by atoms with Crippen molar-refractivity contribution in [1.82, 2.24) is 24.8 Å². The summed E-state index contributed by atoms with van der Waals surface area (Å²) in [4.78, 5) is 22.3. The highest BCUT2D eigenvalue weighted by Gasteiger charge is 2.23. The van der Waals surface area contributed by atoms with Gasteiger partial charge in [-0.15, -0.1) is 5.10 Å². The number of anilines is 2. The smallest absolute Gasteiger partial charge is 0.239 e. The Bertz CT molecular complexity index is 1080. The number of nitrogens with one attached hydrogen (secondary N) is 2. The summed E-state index contributed by atoms with van der Waals surface area (Å²) < 4.78 is 1.86. The van der Waals surface area contributed by atoms with Crippen LogP contribution in [0.1, 0.15) is 40.2 Å². The normalized spacial score (nSPS) is 11.9. The molecule has 0 unspecified atom stereocenters. The first-order valence-electron chi connectivity index (χ1n) is 11.6. The lowest BCUT2D eigenvalue weighted by Gasteiger charge is -2.22. The molecule has 2 aromatic heterocycles. The summed E-state index contributed by atoms with van der Waals surface area (Å²) in [6.45, 7) is 16.4. The maximum atomic E-state index is 12.4. The molecule has 33 heavy (non-hydrogen) atoms. The first-order valence-corrected chi connectivity index (χ1v) is 12.4. The fraction of sp³-hybridized carbons (Fsp3) is 0.542. The minimum Gasteiger partial charge on any atom is -0.364 e. The first-order chi connectivity index (χ1) is 15.6. The van der Waals surface area contributed by atoms with Gasteiger partial charge in [-0.1, -0.05) is 48.9 Å². The van der Waals surface area contributed by atoms with Gasteiger partial charge in [0.25, 0.3) is 0 Å². The molecule has 0 bridgehead atoms. The van der Waals surface area contributed by atoms with Crippen LogP contribution in [0.15, 0.2) is 24.3 Å². The van der Waals surface area contributed by atoms with Crippen LogP contribution in [-0.2, 0) is 4.79 Å². The van der Waals surface area contributed by atoms with Gasteiger partial charge in [0, 0.05) is 31.2 Å². The van der Waals surface area contributed by atoms with Crippen molar-refractivity contribution < 1.29 is 4.79 Å². The van der Waals surface area contributed by atoms with Crippen LogP contribution in [0.2, 0.25) is 0 Å². The molecule has 0 spiro atoms. The predicted octanol–water partition coefficient (Wildman–Crippen LogP) is 3.87. The van der Waals surface area contributed by atoms with Crippen LogP contribution in [0.5, 0.6) is 0 Å². The Balaban J connectivity index is 1.79. The molecule has 1 amide bonds. The summed E-state index contributed by atoms with van der Waals surface area (Å²) in [5, 5.41) is 12.1. The molecule has 2 N–H and O–H groups in total. The predicted molar refractivity (Wildman–Crippen MR) is 138 cm³/mol. The molecular formula is C24H37N7OS. The molecule has 0 atom stereocenters. The SMILES string of the molecule is CCN(CC)CCNC(=O)CN(C)c1nn2c(NC(C)(C)C)c(-c3cccc(C)c3)nc2s1. The van der Waals surface area contributed by atoms with Crippen LogP contribution < -0.4 is 15.5 Å². The molecule has 0 fully saturated rings. The maximum Gasteiger partial charge on any atom is 0.239 e. The third kappa shape index (κ3) is 6.45. The second kappa shape index (κ2) is 10.5. The fourth-order valence-electron chi connectivity index (χ4n) is 3.59. The van der Waals surface area contributed by atoms with Gasteiger partial charge in [-0.3, -0.25) is 4.79 Å². The molecule has 0 saturated heterocycles. The highest BCUT2D eigenvalue weighted by molar-refractivity contribution is 7.20. The molecule has 0 aliphatic carbocycles. The third-order valence-electron chi connectivity index (χ3n) is 5.33. The lowest BCUT2D eigenvalue weighted by molar-refractivity contribution is -0.119. The first kappa shape index (κ1) is 25.0.